The molecule has 3 aromatic rings. The third kappa shape index (κ3) is 4.18. The summed E-state index contributed by atoms with van der Waals surface area (Å²) in [5.74, 6) is 0.808. The van der Waals surface area contributed by atoms with E-state index in [0.717, 1.165) is 5.56 Å². The lowest BCUT2D eigenvalue weighted by molar-refractivity contribution is 0.0796. The van der Waals surface area contributed by atoms with Crippen LogP contribution in [0.3, 0.4) is 0 Å². The number of halogens is 2. The molecular formula is C18H15Cl2N3O2. The molecule has 0 N–H and O–H groups in total. The Hall–Kier alpha value is -2.37. The zero-order valence-electron chi connectivity index (χ0n) is 13.4. The van der Waals surface area contributed by atoms with Crippen molar-refractivity contribution in [1.82, 2.24) is 15.0 Å². The topological polar surface area (TPSA) is 59.2 Å². The smallest absolute Gasteiger partial charge is 0.257 e. The summed E-state index contributed by atoms with van der Waals surface area (Å²) in [5, 5.41) is 5.03. The van der Waals surface area contributed by atoms with Crippen molar-refractivity contribution >= 4 is 29.1 Å². The second-order valence-corrected chi connectivity index (χ2v) is 6.32. The first-order valence-corrected chi connectivity index (χ1v) is 8.38. The minimum atomic E-state index is -0.146. The summed E-state index contributed by atoms with van der Waals surface area (Å²) < 4.78 is 5.26. The first-order valence-electron chi connectivity index (χ1n) is 7.63. The largest absolute Gasteiger partial charge is 0.341 e. The van der Waals surface area contributed by atoms with E-state index in [0.29, 0.717) is 40.3 Å². The molecule has 5 nitrogen and oxygen atoms in total. The monoisotopic (exact) mass is 375 g/mol. The minimum absolute atomic E-state index is 0.146. The first kappa shape index (κ1) is 17.5. The average Bonchev–Trinajstić information content (AvgIpc) is 3.09. The Morgan fingerprint density at radius 1 is 1.12 bits per heavy atom. The van der Waals surface area contributed by atoms with Crippen LogP contribution in [0.15, 0.2) is 53.1 Å². The van der Waals surface area contributed by atoms with Gasteiger partial charge in [-0.1, -0.05) is 40.5 Å². The number of benzene rings is 2. The Bertz CT molecular complexity index is 878. The second-order valence-electron chi connectivity index (χ2n) is 5.48. The molecule has 1 amide bonds. The molecular weight excluding hydrogens is 361 g/mol. The Balaban J connectivity index is 1.63. The van der Waals surface area contributed by atoms with Crippen molar-refractivity contribution in [2.24, 2.45) is 0 Å². The Kier molecular flexibility index (Phi) is 5.36. The van der Waals surface area contributed by atoms with Gasteiger partial charge in [0, 0.05) is 30.6 Å². The van der Waals surface area contributed by atoms with Gasteiger partial charge < -0.3 is 9.42 Å². The van der Waals surface area contributed by atoms with Crippen LogP contribution in [0, 0.1) is 0 Å². The van der Waals surface area contributed by atoms with Gasteiger partial charge >= 0.3 is 0 Å². The van der Waals surface area contributed by atoms with E-state index in [1.165, 1.54) is 0 Å². The maximum absolute atomic E-state index is 12.4. The maximum Gasteiger partial charge on any atom is 0.257 e. The third-order valence-corrected chi connectivity index (χ3v) is 4.26. The van der Waals surface area contributed by atoms with E-state index in [1.807, 2.05) is 12.1 Å². The summed E-state index contributed by atoms with van der Waals surface area (Å²) in [6.07, 6.45) is 0.476. The third-order valence-electron chi connectivity index (χ3n) is 3.68. The standard InChI is InChI=1S/C18H15Cl2N3O2/c1-23(18(24)14-4-2-3-5-15(14)20)11-10-16-21-17(25-22-16)12-6-8-13(19)9-7-12/h2-9H,10-11H2,1H3. The lowest BCUT2D eigenvalue weighted by atomic mass is 10.2. The average molecular weight is 376 g/mol. The van der Waals surface area contributed by atoms with Gasteiger partial charge in [0.1, 0.15) is 0 Å². The van der Waals surface area contributed by atoms with Crippen LogP contribution in [-0.2, 0) is 6.42 Å². The van der Waals surface area contributed by atoms with Crippen molar-refractivity contribution in [3.05, 3.63) is 70.0 Å². The van der Waals surface area contributed by atoms with Gasteiger partial charge in [-0.25, -0.2) is 0 Å². The molecule has 0 aliphatic heterocycles. The number of amides is 1. The second kappa shape index (κ2) is 7.68. The fourth-order valence-corrected chi connectivity index (χ4v) is 2.62. The Labute approximate surface area is 155 Å². The molecule has 0 unspecified atom stereocenters. The first-order chi connectivity index (χ1) is 12.0. The Morgan fingerprint density at radius 3 is 2.56 bits per heavy atom. The molecule has 0 spiro atoms. The van der Waals surface area contributed by atoms with E-state index in [2.05, 4.69) is 10.1 Å². The van der Waals surface area contributed by atoms with Gasteiger partial charge in [-0.2, -0.15) is 4.98 Å². The van der Waals surface area contributed by atoms with Crippen LogP contribution in [0.1, 0.15) is 16.2 Å². The van der Waals surface area contributed by atoms with Gasteiger partial charge in [-0.3, -0.25) is 4.79 Å². The fraction of sp³-hybridized carbons (Fsp3) is 0.167. The molecule has 3 rings (SSSR count). The molecule has 25 heavy (non-hydrogen) atoms. The van der Waals surface area contributed by atoms with Crippen molar-refractivity contribution in [2.75, 3.05) is 13.6 Å². The maximum atomic E-state index is 12.4. The fourth-order valence-electron chi connectivity index (χ4n) is 2.27. The molecule has 128 valence electrons. The molecule has 0 atom stereocenters. The summed E-state index contributed by atoms with van der Waals surface area (Å²) in [6, 6.07) is 14.1. The normalized spacial score (nSPS) is 10.7. The van der Waals surface area contributed by atoms with Gasteiger partial charge in [-0.15, -0.1) is 0 Å². The lowest BCUT2D eigenvalue weighted by Crippen LogP contribution is -2.29. The van der Waals surface area contributed by atoms with Gasteiger partial charge in [0.05, 0.1) is 10.6 Å². The number of carbonyl (C=O) groups excluding carboxylic acids is 1. The van der Waals surface area contributed by atoms with Crippen LogP contribution in [0.25, 0.3) is 11.5 Å². The van der Waals surface area contributed by atoms with Crippen LogP contribution in [0.5, 0.6) is 0 Å². The van der Waals surface area contributed by atoms with E-state index >= 15 is 0 Å². The SMILES string of the molecule is CN(CCc1noc(-c2ccc(Cl)cc2)n1)C(=O)c1ccccc1Cl. The highest BCUT2D eigenvalue weighted by Gasteiger charge is 2.16. The lowest BCUT2D eigenvalue weighted by Gasteiger charge is -2.16. The highest BCUT2D eigenvalue weighted by atomic mass is 35.5. The van der Waals surface area contributed by atoms with Gasteiger partial charge in [0.25, 0.3) is 11.8 Å². The molecule has 0 radical (unpaired) electrons. The van der Waals surface area contributed by atoms with E-state index in [4.69, 9.17) is 27.7 Å². The number of aromatic nitrogens is 2. The van der Waals surface area contributed by atoms with Crippen molar-refractivity contribution in [3.8, 4) is 11.5 Å². The van der Waals surface area contributed by atoms with E-state index in [-0.39, 0.29) is 5.91 Å². The van der Waals surface area contributed by atoms with Gasteiger partial charge in [-0.05, 0) is 36.4 Å². The predicted octanol–water partition coefficient (Wildman–Crippen LogP) is 4.36. The van der Waals surface area contributed by atoms with Crippen LogP contribution in [-0.4, -0.2) is 34.5 Å². The highest BCUT2D eigenvalue weighted by Crippen LogP contribution is 2.20. The molecule has 1 aromatic heterocycles. The van der Waals surface area contributed by atoms with Crippen LogP contribution < -0.4 is 0 Å². The molecule has 0 bridgehead atoms. The molecule has 0 saturated carbocycles. The number of likely N-dealkylation sites (N-methyl/N-ethyl adjacent to an activating group) is 1. The summed E-state index contributed by atoms with van der Waals surface area (Å²) in [6.45, 7) is 0.448. The zero-order valence-corrected chi connectivity index (χ0v) is 15.0. The number of hydrogen-bond acceptors (Lipinski definition) is 4. The molecule has 1 heterocycles. The van der Waals surface area contributed by atoms with Crippen molar-refractivity contribution in [2.45, 2.75) is 6.42 Å². The van der Waals surface area contributed by atoms with Gasteiger partial charge in [0.2, 0.25) is 0 Å². The molecule has 0 aliphatic rings. The molecule has 0 aliphatic carbocycles. The zero-order chi connectivity index (χ0) is 17.8. The van der Waals surface area contributed by atoms with E-state index in [1.54, 1.807) is 48.3 Å². The van der Waals surface area contributed by atoms with Crippen LogP contribution in [0.4, 0.5) is 0 Å². The van der Waals surface area contributed by atoms with Gasteiger partial charge in [0.15, 0.2) is 5.82 Å². The van der Waals surface area contributed by atoms with E-state index in [9.17, 15) is 4.79 Å². The van der Waals surface area contributed by atoms with Crippen molar-refractivity contribution in [3.63, 3.8) is 0 Å². The van der Waals surface area contributed by atoms with Crippen LogP contribution in [0.2, 0.25) is 10.0 Å². The molecule has 0 fully saturated rings. The molecule has 7 heteroatoms. The molecule has 2 aromatic carbocycles. The molecule has 0 saturated heterocycles. The van der Waals surface area contributed by atoms with Crippen LogP contribution >= 0.6 is 23.2 Å². The van der Waals surface area contributed by atoms with Crippen molar-refractivity contribution in [1.29, 1.82) is 0 Å². The van der Waals surface area contributed by atoms with E-state index < -0.39 is 0 Å². The van der Waals surface area contributed by atoms with Crippen molar-refractivity contribution < 1.29 is 9.32 Å². The predicted molar refractivity (Wildman–Crippen MR) is 96.9 cm³/mol. The Morgan fingerprint density at radius 2 is 1.84 bits per heavy atom. The summed E-state index contributed by atoms with van der Waals surface area (Å²) in [4.78, 5) is 18.3. The summed E-state index contributed by atoms with van der Waals surface area (Å²) >= 11 is 11.9. The minimum Gasteiger partial charge on any atom is -0.341 e. The number of carbonyl (C=O) groups is 1. The number of rotatable bonds is 5. The highest BCUT2D eigenvalue weighted by molar-refractivity contribution is 6.33. The summed E-state index contributed by atoms with van der Waals surface area (Å²) in [5.41, 5.74) is 1.27. The summed E-state index contributed by atoms with van der Waals surface area (Å²) in [7, 11) is 1.71. The number of hydrogen-bond donors (Lipinski definition) is 0. The number of nitrogens with zero attached hydrogens (tertiary/aromatic N) is 3. The quantitative estimate of drug-likeness (QED) is 0.664.